The molecule has 0 aliphatic heterocycles. The van der Waals surface area contributed by atoms with Crippen molar-refractivity contribution in [1.29, 1.82) is 0 Å². The summed E-state index contributed by atoms with van der Waals surface area (Å²) >= 11 is 0. The number of hydrogen-bond acceptors (Lipinski definition) is 2. The van der Waals surface area contributed by atoms with Gasteiger partial charge in [-0.1, -0.05) is 33.1 Å². The molecule has 1 atom stereocenters. The molecular weight excluding hydrogens is 160 g/mol. The van der Waals surface area contributed by atoms with E-state index in [1.54, 1.807) is 0 Å². The minimum atomic E-state index is 0.514. The highest BCUT2D eigenvalue weighted by molar-refractivity contribution is 4.74. The lowest BCUT2D eigenvalue weighted by atomic mass is 9.83. The van der Waals surface area contributed by atoms with Crippen LogP contribution in [-0.2, 0) is 0 Å². The molecule has 2 heteroatoms. The van der Waals surface area contributed by atoms with Crippen molar-refractivity contribution in [3.8, 4) is 0 Å². The minimum Gasteiger partial charge on any atom is -0.329 e. The average molecular weight is 184 g/mol. The van der Waals surface area contributed by atoms with Gasteiger partial charge in [-0.15, -0.1) is 0 Å². The summed E-state index contributed by atoms with van der Waals surface area (Å²) in [5.41, 5.74) is 5.67. The van der Waals surface area contributed by atoms with Crippen LogP contribution in [-0.4, -0.2) is 19.1 Å². The smallest absolute Gasteiger partial charge is 0.0213 e. The van der Waals surface area contributed by atoms with Gasteiger partial charge in [0.25, 0.3) is 0 Å². The van der Waals surface area contributed by atoms with Gasteiger partial charge in [0.2, 0.25) is 0 Å². The van der Waals surface area contributed by atoms with Gasteiger partial charge in [-0.3, -0.25) is 0 Å². The van der Waals surface area contributed by atoms with E-state index in [0.717, 1.165) is 19.0 Å². The first-order valence-corrected chi connectivity index (χ1v) is 5.67. The van der Waals surface area contributed by atoms with Gasteiger partial charge in [-0.05, 0) is 24.8 Å². The molecule has 1 aliphatic rings. The van der Waals surface area contributed by atoms with Crippen LogP contribution in [0.5, 0.6) is 0 Å². The maximum absolute atomic E-state index is 5.67. The van der Waals surface area contributed by atoms with Gasteiger partial charge in [0.1, 0.15) is 0 Å². The molecular formula is C11H24N2. The van der Waals surface area contributed by atoms with Crippen LogP contribution >= 0.6 is 0 Å². The van der Waals surface area contributed by atoms with Crippen LogP contribution in [0.25, 0.3) is 0 Å². The molecule has 0 spiro atoms. The van der Waals surface area contributed by atoms with Gasteiger partial charge in [-0.25, -0.2) is 0 Å². The van der Waals surface area contributed by atoms with Gasteiger partial charge < -0.3 is 11.1 Å². The molecule has 1 saturated carbocycles. The largest absolute Gasteiger partial charge is 0.329 e. The fourth-order valence-electron chi connectivity index (χ4n) is 1.85. The molecule has 78 valence electrons. The van der Waals surface area contributed by atoms with Crippen LogP contribution in [0, 0.1) is 11.8 Å². The molecule has 0 amide bonds. The Morgan fingerprint density at radius 1 is 1.38 bits per heavy atom. The lowest BCUT2D eigenvalue weighted by molar-refractivity contribution is 0.281. The normalized spacial score (nSPS) is 20.3. The summed E-state index contributed by atoms with van der Waals surface area (Å²) in [6.45, 7) is 6.38. The Balaban J connectivity index is 2.01. The van der Waals surface area contributed by atoms with E-state index < -0.39 is 0 Å². The van der Waals surface area contributed by atoms with Crippen LogP contribution in [0.4, 0.5) is 0 Å². The van der Waals surface area contributed by atoms with Crippen molar-refractivity contribution >= 4 is 0 Å². The summed E-state index contributed by atoms with van der Waals surface area (Å²) < 4.78 is 0. The highest BCUT2D eigenvalue weighted by atomic mass is 14.9. The summed E-state index contributed by atoms with van der Waals surface area (Å²) in [5.74, 6) is 1.67. The zero-order valence-electron chi connectivity index (χ0n) is 9.05. The maximum Gasteiger partial charge on any atom is 0.0213 e. The quantitative estimate of drug-likeness (QED) is 0.660. The van der Waals surface area contributed by atoms with E-state index >= 15 is 0 Å². The standard InChI is InChI=1S/C11H24N2/c1-9(2)11(8-12)13-7-6-10-4-3-5-10/h9-11,13H,3-8,12H2,1-2H3. The molecule has 3 N–H and O–H groups in total. The molecule has 1 fully saturated rings. The number of nitrogens with two attached hydrogens (primary N) is 1. The third kappa shape index (κ3) is 3.65. The van der Waals surface area contributed by atoms with Crippen molar-refractivity contribution in [2.45, 2.75) is 45.6 Å². The van der Waals surface area contributed by atoms with Crippen LogP contribution < -0.4 is 11.1 Å². The van der Waals surface area contributed by atoms with Gasteiger partial charge >= 0.3 is 0 Å². The lowest BCUT2D eigenvalue weighted by Crippen LogP contribution is -2.41. The van der Waals surface area contributed by atoms with E-state index in [2.05, 4.69) is 19.2 Å². The molecule has 0 aromatic heterocycles. The molecule has 1 rings (SSSR count). The highest BCUT2D eigenvalue weighted by Gasteiger charge is 2.17. The van der Waals surface area contributed by atoms with Crippen molar-refractivity contribution in [3.05, 3.63) is 0 Å². The van der Waals surface area contributed by atoms with E-state index in [0.29, 0.717) is 12.0 Å². The van der Waals surface area contributed by atoms with Crippen LogP contribution in [0.1, 0.15) is 39.5 Å². The first-order valence-electron chi connectivity index (χ1n) is 5.67. The fourth-order valence-corrected chi connectivity index (χ4v) is 1.85. The zero-order chi connectivity index (χ0) is 9.68. The molecule has 0 aromatic carbocycles. The van der Waals surface area contributed by atoms with Crippen molar-refractivity contribution in [1.82, 2.24) is 5.32 Å². The number of nitrogens with one attached hydrogen (secondary N) is 1. The van der Waals surface area contributed by atoms with Crippen LogP contribution in [0.15, 0.2) is 0 Å². The maximum atomic E-state index is 5.67. The Bertz CT molecular complexity index is 130. The Hall–Kier alpha value is -0.0800. The van der Waals surface area contributed by atoms with E-state index in [1.165, 1.54) is 25.7 Å². The first kappa shape index (κ1) is 11.0. The minimum absolute atomic E-state index is 0.514. The van der Waals surface area contributed by atoms with Gasteiger partial charge in [0.05, 0.1) is 0 Å². The molecule has 0 bridgehead atoms. The molecule has 0 aromatic rings. The Morgan fingerprint density at radius 2 is 2.08 bits per heavy atom. The number of rotatable bonds is 6. The molecule has 0 saturated heterocycles. The third-order valence-electron chi connectivity index (χ3n) is 3.24. The second-order valence-corrected chi connectivity index (χ2v) is 4.63. The summed E-state index contributed by atoms with van der Waals surface area (Å²) in [4.78, 5) is 0. The molecule has 0 radical (unpaired) electrons. The topological polar surface area (TPSA) is 38.0 Å². The van der Waals surface area contributed by atoms with Crippen molar-refractivity contribution in [3.63, 3.8) is 0 Å². The lowest BCUT2D eigenvalue weighted by Gasteiger charge is -2.27. The third-order valence-corrected chi connectivity index (χ3v) is 3.24. The Morgan fingerprint density at radius 3 is 2.46 bits per heavy atom. The predicted octanol–water partition coefficient (Wildman–Crippen LogP) is 1.75. The molecule has 2 nitrogen and oxygen atoms in total. The fraction of sp³-hybridized carbons (Fsp3) is 1.00. The predicted molar refractivity (Wildman–Crippen MR) is 57.6 cm³/mol. The average Bonchev–Trinajstić information content (AvgIpc) is 2.00. The van der Waals surface area contributed by atoms with Crippen LogP contribution in [0.2, 0.25) is 0 Å². The Labute approximate surface area is 82.3 Å². The SMILES string of the molecule is CC(C)C(CN)NCCC1CCC1. The Kier molecular flexibility index (Phi) is 4.74. The van der Waals surface area contributed by atoms with E-state index in [9.17, 15) is 0 Å². The monoisotopic (exact) mass is 184 g/mol. The molecule has 1 aliphatic carbocycles. The van der Waals surface area contributed by atoms with Crippen molar-refractivity contribution in [2.75, 3.05) is 13.1 Å². The highest BCUT2D eigenvalue weighted by Crippen LogP contribution is 2.28. The van der Waals surface area contributed by atoms with Gasteiger partial charge in [0, 0.05) is 12.6 Å². The molecule has 13 heavy (non-hydrogen) atoms. The van der Waals surface area contributed by atoms with E-state index in [4.69, 9.17) is 5.73 Å². The van der Waals surface area contributed by atoms with Crippen molar-refractivity contribution in [2.24, 2.45) is 17.6 Å². The summed E-state index contributed by atoms with van der Waals surface area (Å²) in [6.07, 6.45) is 5.71. The van der Waals surface area contributed by atoms with Gasteiger partial charge in [0.15, 0.2) is 0 Å². The second-order valence-electron chi connectivity index (χ2n) is 4.63. The van der Waals surface area contributed by atoms with Crippen LogP contribution in [0.3, 0.4) is 0 Å². The van der Waals surface area contributed by atoms with E-state index in [-0.39, 0.29) is 0 Å². The number of hydrogen-bond donors (Lipinski definition) is 2. The zero-order valence-corrected chi connectivity index (χ0v) is 9.05. The second kappa shape index (κ2) is 5.61. The summed E-state index contributed by atoms with van der Waals surface area (Å²) in [6, 6.07) is 0.514. The summed E-state index contributed by atoms with van der Waals surface area (Å²) in [7, 11) is 0. The molecule has 1 unspecified atom stereocenters. The van der Waals surface area contributed by atoms with Crippen molar-refractivity contribution < 1.29 is 0 Å². The molecule has 0 heterocycles. The summed E-state index contributed by atoms with van der Waals surface area (Å²) in [5, 5.41) is 3.54. The first-order chi connectivity index (χ1) is 6.24. The van der Waals surface area contributed by atoms with E-state index in [1.807, 2.05) is 0 Å². The van der Waals surface area contributed by atoms with Gasteiger partial charge in [-0.2, -0.15) is 0 Å².